The number of alkyl halides is 3. The molecule has 2 aromatic heterocycles. The average Bonchev–Trinajstić information content (AvgIpc) is 3.17. The van der Waals surface area contributed by atoms with Crippen molar-refractivity contribution < 1.29 is 18.0 Å². The molecule has 0 radical (unpaired) electrons. The van der Waals surface area contributed by atoms with Crippen LogP contribution in [0, 0.1) is 17.8 Å². The molecule has 0 unspecified atom stereocenters. The van der Waals surface area contributed by atoms with Crippen LogP contribution in [0.3, 0.4) is 0 Å². The van der Waals surface area contributed by atoms with Gasteiger partial charge in [-0.3, -0.25) is 14.2 Å². The Kier molecular flexibility index (Phi) is 4.08. The Bertz CT molecular complexity index is 944. The summed E-state index contributed by atoms with van der Waals surface area (Å²) in [6.45, 7) is 0. The minimum absolute atomic E-state index is 0.00379. The van der Waals surface area contributed by atoms with E-state index in [0.29, 0.717) is 10.5 Å². The van der Waals surface area contributed by atoms with Gasteiger partial charge in [0.25, 0.3) is 5.91 Å². The van der Waals surface area contributed by atoms with Crippen LogP contribution in [0.15, 0.2) is 12.3 Å². The van der Waals surface area contributed by atoms with Crippen molar-refractivity contribution in [3.05, 3.63) is 28.7 Å². The molecule has 4 bridgehead atoms. The maximum Gasteiger partial charge on any atom is 0.434 e. The zero-order valence-electron chi connectivity index (χ0n) is 15.8. The highest BCUT2D eigenvalue weighted by Crippen LogP contribution is 2.58. The Morgan fingerprint density at radius 1 is 1.17 bits per heavy atom. The zero-order valence-corrected chi connectivity index (χ0v) is 16.6. The van der Waals surface area contributed by atoms with Crippen molar-refractivity contribution in [2.24, 2.45) is 24.8 Å². The first-order valence-corrected chi connectivity index (χ1v) is 10.2. The summed E-state index contributed by atoms with van der Waals surface area (Å²) in [5.74, 6) is 1.72. The van der Waals surface area contributed by atoms with Crippen LogP contribution < -0.4 is 5.32 Å². The van der Waals surface area contributed by atoms with Gasteiger partial charge in [-0.2, -0.15) is 23.4 Å². The summed E-state index contributed by atoms with van der Waals surface area (Å²) in [7, 11) is 1.10. The fourth-order valence-corrected chi connectivity index (χ4v) is 6.48. The van der Waals surface area contributed by atoms with Gasteiger partial charge >= 0.3 is 6.18 Å². The van der Waals surface area contributed by atoms with Crippen LogP contribution in [0.25, 0.3) is 0 Å². The molecule has 0 aromatic carbocycles. The molecule has 4 saturated carbocycles. The first-order chi connectivity index (χ1) is 13.6. The van der Waals surface area contributed by atoms with Crippen LogP contribution in [0.5, 0.6) is 0 Å². The van der Waals surface area contributed by atoms with E-state index >= 15 is 0 Å². The predicted molar refractivity (Wildman–Crippen MR) is 99.5 cm³/mol. The van der Waals surface area contributed by atoms with Gasteiger partial charge in [0.1, 0.15) is 5.02 Å². The summed E-state index contributed by atoms with van der Waals surface area (Å²) in [5, 5.41) is 10.0. The lowest BCUT2D eigenvalue weighted by molar-refractivity contribution is -0.143. The van der Waals surface area contributed by atoms with Crippen molar-refractivity contribution in [2.75, 3.05) is 5.32 Å². The Morgan fingerprint density at radius 2 is 1.76 bits per heavy atom. The van der Waals surface area contributed by atoms with E-state index in [1.54, 1.807) is 6.07 Å². The lowest BCUT2D eigenvalue weighted by Crippen LogP contribution is -2.52. The van der Waals surface area contributed by atoms with Gasteiger partial charge in [-0.15, -0.1) is 0 Å². The summed E-state index contributed by atoms with van der Waals surface area (Å²) in [6, 6.07) is 1.68. The third kappa shape index (κ3) is 3.05. The summed E-state index contributed by atoms with van der Waals surface area (Å²) in [4.78, 5) is 12.5. The number of nitrogens with one attached hydrogen (secondary N) is 1. The number of nitrogens with zero attached hydrogens (tertiary/aromatic N) is 4. The Morgan fingerprint density at radius 3 is 2.28 bits per heavy atom. The molecule has 6 nitrogen and oxygen atoms in total. The molecule has 10 heteroatoms. The van der Waals surface area contributed by atoms with Gasteiger partial charge in [0, 0.05) is 19.3 Å². The fraction of sp³-hybridized carbons (Fsp3) is 0.632. The van der Waals surface area contributed by atoms with Crippen molar-refractivity contribution in [1.29, 1.82) is 0 Å². The second kappa shape index (κ2) is 6.23. The molecular weight excluding hydrogens is 407 g/mol. The molecule has 0 saturated heterocycles. The van der Waals surface area contributed by atoms with Gasteiger partial charge in [0.15, 0.2) is 17.2 Å². The van der Waals surface area contributed by atoms with E-state index in [4.69, 9.17) is 11.6 Å². The molecule has 29 heavy (non-hydrogen) atoms. The van der Waals surface area contributed by atoms with Crippen LogP contribution in [-0.2, 0) is 18.8 Å². The molecule has 0 atom stereocenters. The number of halogens is 4. The molecular formula is C19H21ClF3N5O. The van der Waals surface area contributed by atoms with Crippen molar-refractivity contribution >= 4 is 23.3 Å². The number of aromatic nitrogens is 4. The molecule has 0 spiro atoms. The minimum atomic E-state index is -4.70. The van der Waals surface area contributed by atoms with Crippen LogP contribution in [0.4, 0.5) is 19.0 Å². The van der Waals surface area contributed by atoms with Gasteiger partial charge in [-0.25, -0.2) is 0 Å². The number of amides is 1. The van der Waals surface area contributed by atoms with E-state index < -0.39 is 28.5 Å². The highest BCUT2D eigenvalue weighted by atomic mass is 35.5. The summed E-state index contributed by atoms with van der Waals surface area (Å²) >= 11 is 5.80. The largest absolute Gasteiger partial charge is 0.434 e. The average molecular weight is 428 g/mol. The van der Waals surface area contributed by atoms with Gasteiger partial charge in [-0.05, 0) is 56.3 Å². The number of carbonyl (C=O) groups is 1. The Balaban J connectivity index is 1.37. The molecule has 1 N–H and O–H groups in total. The molecule has 4 fully saturated rings. The van der Waals surface area contributed by atoms with Crippen LogP contribution in [-0.4, -0.2) is 25.5 Å². The van der Waals surface area contributed by atoms with E-state index in [-0.39, 0.29) is 5.54 Å². The first kappa shape index (κ1) is 19.0. The monoisotopic (exact) mass is 427 g/mol. The fourth-order valence-electron chi connectivity index (χ4n) is 6.13. The van der Waals surface area contributed by atoms with Crippen molar-refractivity contribution in [3.8, 4) is 0 Å². The summed E-state index contributed by atoms with van der Waals surface area (Å²) in [5.41, 5.74) is -1.61. The SMILES string of the molecule is Cn1nc(C(=O)Nc2ccn(C34CC5CC(CC(C5)C3)C4)n2)c(Cl)c1C(F)(F)F. The second-order valence-corrected chi connectivity index (χ2v) is 9.25. The zero-order chi connectivity index (χ0) is 20.6. The Labute approximate surface area is 170 Å². The molecule has 4 aliphatic rings. The number of carbonyl (C=O) groups excluding carboxylic acids is 1. The summed E-state index contributed by atoms with van der Waals surface area (Å²) in [6.07, 6.45) is 4.41. The maximum atomic E-state index is 13.1. The van der Waals surface area contributed by atoms with Crippen molar-refractivity contribution in [1.82, 2.24) is 19.6 Å². The van der Waals surface area contributed by atoms with E-state index in [2.05, 4.69) is 15.5 Å². The highest BCUT2D eigenvalue weighted by Gasteiger charge is 2.52. The normalized spacial score (nSPS) is 30.7. The number of hydrogen-bond donors (Lipinski definition) is 1. The molecule has 156 valence electrons. The van der Waals surface area contributed by atoms with E-state index in [9.17, 15) is 18.0 Å². The number of aryl methyl sites for hydroxylation is 1. The van der Waals surface area contributed by atoms with Crippen molar-refractivity contribution in [3.63, 3.8) is 0 Å². The highest BCUT2D eigenvalue weighted by molar-refractivity contribution is 6.34. The van der Waals surface area contributed by atoms with Crippen LogP contribution >= 0.6 is 11.6 Å². The van der Waals surface area contributed by atoms with Gasteiger partial charge in [0.2, 0.25) is 0 Å². The predicted octanol–water partition coefficient (Wildman–Crippen LogP) is 4.47. The third-order valence-corrected chi connectivity index (χ3v) is 7.15. The molecule has 1 amide bonds. The van der Waals surface area contributed by atoms with Crippen LogP contribution in [0.1, 0.15) is 54.7 Å². The second-order valence-electron chi connectivity index (χ2n) is 8.87. The van der Waals surface area contributed by atoms with Gasteiger partial charge in [0.05, 0.1) is 5.54 Å². The maximum absolute atomic E-state index is 13.1. The summed E-state index contributed by atoms with van der Waals surface area (Å²) < 4.78 is 41.8. The standard InChI is InChI=1S/C19H21ClF3N5O/c1-27-16(19(21,22)23)14(20)15(26-27)17(29)24-13-2-3-28(25-13)18-7-10-4-11(8-18)6-12(5-10)9-18/h2-3,10-12H,4-9H2,1H3,(H,24,25,29). The van der Waals surface area contributed by atoms with Gasteiger partial charge < -0.3 is 5.32 Å². The molecule has 2 heterocycles. The quantitative estimate of drug-likeness (QED) is 0.786. The van der Waals surface area contributed by atoms with E-state index in [1.165, 1.54) is 19.3 Å². The molecule has 6 rings (SSSR count). The van der Waals surface area contributed by atoms with Crippen molar-refractivity contribution in [2.45, 2.75) is 50.2 Å². The number of rotatable bonds is 3. The molecule has 0 aliphatic heterocycles. The number of hydrogen-bond acceptors (Lipinski definition) is 3. The number of anilines is 1. The molecule has 2 aromatic rings. The third-order valence-electron chi connectivity index (χ3n) is 6.80. The van der Waals surface area contributed by atoms with Gasteiger partial charge in [-0.1, -0.05) is 11.6 Å². The van der Waals surface area contributed by atoms with E-state index in [1.807, 2.05) is 10.9 Å². The Hall–Kier alpha value is -2.03. The van der Waals surface area contributed by atoms with E-state index in [0.717, 1.165) is 44.1 Å². The van der Waals surface area contributed by atoms with Crippen LogP contribution in [0.2, 0.25) is 5.02 Å². The molecule has 4 aliphatic carbocycles. The smallest absolute Gasteiger partial charge is 0.304 e. The lowest BCUT2D eigenvalue weighted by Gasteiger charge is -2.56. The minimum Gasteiger partial charge on any atom is -0.304 e. The lowest BCUT2D eigenvalue weighted by atomic mass is 9.53. The topological polar surface area (TPSA) is 64.7 Å². The first-order valence-electron chi connectivity index (χ1n) is 9.82.